The van der Waals surface area contributed by atoms with Crippen molar-refractivity contribution >= 4 is 15.9 Å². The molecular formula is C21H23N3O6S. The van der Waals surface area contributed by atoms with Gasteiger partial charge < -0.3 is 19.3 Å². The quantitative estimate of drug-likeness (QED) is 0.544. The molecule has 0 aliphatic rings. The van der Waals surface area contributed by atoms with Crippen LogP contribution in [-0.2, 0) is 23.2 Å². The molecule has 0 spiro atoms. The van der Waals surface area contributed by atoms with Crippen LogP contribution >= 0.6 is 0 Å². The molecule has 2 aromatic carbocycles. The van der Waals surface area contributed by atoms with Gasteiger partial charge in [-0.15, -0.1) is 0 Å². The predicted molar refractivity (Wildman–Crippen MR) is 112 cm³/mol. The highest BCUT2D eigenvalue weighted by Crippen LogP contribution is 2.26. The second-order valence-electron chi connectivity index (χ2n) is 6.83. The first-order valence-corrected chi connectivity index (χ1v) is 10.9. The molecule has 31 heavy (non-hydrogen) atoms. The smallest absolute Gasteiger partial charge is 0.255 e. The molecule has 3 aromatic rings. The lowest BCUT2D eigenvalue weighted by atomic mass is 10.1. The van der Waals surface area contributed by atoms with Crippen molar-refractivity contribution in [1.29, 1.82) is 0 Å². The van der Waals surface area contributed by atoms with E-state index < -0.39 is 10.0 Å². The molecule has 0 saturated heterocycles. The van der Waals surface area contributed by atoms with Crippen LogP contribution in [0.25, 0.3) is 0 Å². The fourth-order valence-electron chi connectivity index (χ4n) is 2.87. The van der Waals surface area contributed by atoms with Gasteiger partial charge >= 0.3 is 0 Å². The third kappa shape index (κ3) is 5.41. The van der Waals surface area contributed by atoms with Crippen molar-refractivity contribution in [3.05, 3.63) is 70.6 Å². The fourth-order valence-corrected chi connectivity index (χ4v) is 3.39. The molecule has 0 unspecified atom stereocenters. The van der Waals surface area contributed by atoms with Gasteiger partial charge in [0.25, 0.3) is 5.91 Å². The van der Waals surface area contributed by atoms with E-state index in [4.69, 9.17) is 19.1 Å². The van der Waals surface area contributed by atoms with Crippen LogP contribution in [0.2, 0.25) is 0 Å². The Labute approximate surface area is 180 Å². The van der Waals surface area contributed by atoms with E-state index in [2.05, 4.69) is 10.5 Å². The molecule has 0 radical (unpaired) electrons. The van der Waals surface area contributed by atoms with Gasteiger partial charge in [-0.3, -0.25) is 4.79 Å². The maximum atomic E-state index is 12.8. The number of aryl methyl sites for hydroxylation is 2. The number of carbonyl (C=O) groups is 1. The van der Waals surface area contributed by atoms with Crippen LogP contribution in [0.3, 0.4) is 0 Å². The van der Waals surface area contributed by atoms with Crippen molar-refractivity contribution in [1.82, 2.24) is 10.5 Å². The third-order valence-electron chi connectivity index (χ3n) is 4.69. The number of benzene rings is 2. The largest absolute Gasteiger partial charge is 0.497 e. The Kier molecular flexibility index (Phi) is 6.62. The van der Waals surface area contributed by atoms with Crippen molar-refractivity contribution in [3.8, 4) is 11.5 Å². The van der Waals surface area contributed by atoms with Crippen molar-refractivity contribution in [2.24, 2.45) is 5.14 Å². The summed E-state index contributed by atoms with van der Waals surface area (Å²) in [5, 5.41) is 11.8. The number of sulfonamides is 1. The van der Waals surface area contributed by atoms with Crippen LogP contribution in [-0.4, -0.2) is 26.6 Å². The minimum absolute atomic E-state index is 0.00498. The SMILES string of the molecule is COc1ccc(OCc2c(C)noc2C)c(C(=O)NCc2ccc(S(N)(=O)=O)cc2)c1. The lowest BCUT2D eigenvalue weighted by Crippen LogP contribution is -2.23. The Hall–Kier alpha value is -3.37. The van der Waals surface area contributed by atoms with Gasteiger partial charge in [0.2, 0.25) is 10.0 Å². The molecule has 0 fully saturated rings. The zero-order chi connectivity index (χ0) is 22.6. The molecule has 1 amide bonds. The van der Waals surface area contributed by atoms with E-state index in [0.29, 0.717) is 28.4 Å². The number of hydrogen-bond acceptors (Lipinski definition) is 7. The van der Waals surface area contributed by atoms with Gasteiger partial charge in [-0.05, 0) is 49.7 Å². The molecule has 3 rings (SSSR count). The fraction of sp³-hybridized carbons (Fsp3) is 0.238. The number of methoxy groups -OCH3 is 1. The lowest BCUT2D eigenvalue weighted by Gasteiger charge is -2.13. The van der Waals surface area contributed by atoms with E-state index in [9.17, 15) is 13.2 Å². The van der Waals surface area contributed by atoms with Gasteiger partial charge in [0.05, 0.1) is 28.8 Å². The molecule has 10 heteroatoms. The molecule has 9 nitrogen and oxygen atoms in total. The van der Waals surface area contributed by atoms with Crippen LogP contribution in [0.5, 0.6) is 11.5 Å². The highest BCUT2D eigenvalue weighted by Gasteiger charge is 2.17. The van der Waals surface area contributed by atoms with Crippen LogP contribution in [0.15, 0.2) is 51.9 Å². The van der Waals surface area contributed by atoms with Crippen LogP contribution in [0.1, 0.15) is 32.9 Å². The number of amides is 1. The molecule has 1 aromatic heterocycles. The summed E-state index contributed by atoms with van der Waals surface area (Å²) in [6, 6.07) is 10.9. The third-order valence-corrected chi connectivity index (χ3v) is 5.62. The van der Waals surface area contributed by atoms with Gasteiger partial charge in [-0.25, -0.2) is 13.6 Å². The summed E-state index contributed by atoms with van der Waals surface area (Å²) >= 11 is 0. The number of nitrogens with zero attached hydrogens (tertiary/aromatic N) is 1. The zero-order valence-corrected chi connectivity index (χ0v) is 18.2. The van der Waals surface area contributed by atoms with Crippen molar-refractivity contribution in [3.63, 3.8) is 0 Å². The number of primary sulfonamides is 1. The molecule has 164 valence electrons. The summed E-state index contributed by atoms with van der Waals surface area (Å²) in [6.07, 6.45) is 0. The summed E-state index contributed by atoms with van der Waals surface area (Å²) in [4.78, 5) is 12.8. The summed E-state index contributed by atoms with van der Waals surface area (Å²) < 4.78 is 38.9. The topological polar surface area (TPSA) is 134 Å². The van der Waals surface area contributed by atoms with Crippen LogP contribution in [0.4, 0.5) is 0 Å². The number of carbonyl (C=O) groups excluding carboxylic acids is 1. The average Bonchev–Trinajstić information content (AvgIpc) is 3.07. The van der Waals surface area contributed by atoms with E-state index in [1.807, 2.05) is 6.92 Å². The van der Waals surface area contributed by atoms with E-state index in [0.717, 1.165) is 11.3 Å². The molecule has 0 bridgehead atoms. The number of rotatable bonds is 8. The standard InChI is InChI=1S/C21H23N3O6S/c1-13-19(14(2)30-24-13)12-29-20-9-6-16(28-3)10-18(20)21(25)23-11-15-4-7-17(8-5-15)31(22,26)27/h4-10H,11-12H2,1-3H3,(H,23,25)(H2,22,26,27). The second kappa shape index (κ2) is 9.19. The number of aromatic nitrogens is 1. The van der Waals surface area contributed by atoms with Crippen molar-refractivity contribution in [2.75, 3.05) is 7.11 Å². The lowest BCUT2D eigenvalue weighted by molar-refractivity contribution is 0.0946. The average molecular weight is 445 g/mol. The number of nitrogens with two attached hydrogens (primary N) is 1. The predicted octanol–water partition coefficient (Wildman–Crippen LogP) is 2.46. The molecule has 0 atom stereocenters. The van der Waals surface area contributed by atoms with Crippen LogP contribution < -0.4 is 19.9 Å². The number of nitrogens with one attached hydrogen (secondary N) is 1. The maximum absolute atomic E-state index is 12.8. The van der Waals surface area contributed by atoms with Gasteiger partial charge in [-0.2, -0.15) is 0 Å². The highest BCUT2D eigenvalue weighted by atomic mass is 32.2. The van der Waals surface area contributed by atoms with Gasteiger partial charge in [0.15, 0.2) is 0 Å². The second-order valence-corrected chi connectivity index (χ2v) is 8.39. The molecule has 0 aliphatic heterocycles. The van der Waals surface area contributed by atoms with Gasteiger partial charge in [0.1, 0.15) is 23.9 Å². The highest BCUT2D eigenvalue weighted by molar-refractivity contribution is 7.89. The molecule has 1 heterocycles. The van der Waals surface area contributed by atoms with Gasteiger partial charge in [-0.1, -0.05) is 17.3 Å². The summed E-state index contributed by atoms with van der Waals surface area (Å²) in [5.41, 5.74) is 2.55. The molecule has 0 saturated carbocycles. The number of hydrogen-bond donors (Lipinski definition) is 2. The maximum Gasteiger partial charge on any atom is 0.255 e. The first kappa shape index (κ1) is 22.3. The summed E-state index contributed by atoms with van der Waals surface area (Å²) in [7, 11) is -2.26. The Morgan fingerprint density at radius 3 is 2.45 bits per heavy atom. The molecule has 0 aliphatic carbocycles. The minimum atomic E-state index is -3.77. The van der Waals surface area contributed by atoms with E-state index in [1.165, 1.54) is 19.2 Å². The Morgan fingerprint density at radius 2 is 1.87 bits per heavy atom. The minimum Gasteiger partial charge on any atom is -0.497 e. The normalized spacial score (nSPS) is 11.2. The van der Waals surface area contributed by atoms with Gasteiger partial charge in [0, 0.05) is 6.54 Å². The Balaban J connectivity index is 1.74. The summed E-state index contributed by atoms with van der Waals surface area (Å²) in [5.74, 6) is 1.17. The van der Waals surface area contributed by atoms with E-state index >= 15 is 0 Å². The van der Waals surface area contributed by atoms with E-state index in [1.54, 1.807) is 37.3 Å². The summed E-state index contributed by atoms with van der Waals surface area (Å²) in [6.45, 7) is 3.99. The van der Waals surface area contributed by atoms with Crippen molar-refractivity contribution < 1.29 is 27.2 Å². The Bertz CT molecular complexity index is 1170. The molecular weight excluding hydrogens is 422 g/mol. The van der Waals surface area contributed by atoms with Crippen molar-refractivity contribution in [2.45, 2.75) is 31.9 Å². The van der Waals surface area contributed by atoms with E-state index in [-0.39, 0.29) is 24.0 Å². The first-order chi connectivity index (χ1) is 14.7. The molecule has 3 N–H and O–H groups in total. The monoisotopic (exact) mass is 445 g/mol. The van der Waals surface area contributed by atoms with Crippen LogP contribution in [0, 0.1) is 13.8 Å². The number of ether oxygens (including phenoxy) is 2. The Morgan fingerprint density at radius 1 is 1.16 bits per heavy atom. The first-order valence-electron chi connectivity index (χ1n) is 9.31. The zero-order valence-electron chi connectivity index (χ0n) is 17.3.